The van der Waals surface area contributed by atoms with Crippen molar-refractivity contribution in [2.75, 3.05) is 6.61 Å². The number of fused-ring (bicyclic) bond motifs is 1. The Morgan fingerprint density at radius 3 is 2.06 bits per heavy atom. The van der Waals surface area contributed by atoms with Crippen LogP contribution in [0.5, 0.6) is 0 Å². The second kappa shape index (κ2) is 9.91. The van der Waals surface area contributed by atoms with E-state index < -0.39 is 72.4 Å². The van der Waals surface area contributed by atoms with E-state index in [9.17, 15) is 28.8 Å². The fourth-order valence-electron chi connectivity index (χ4n) is 3.71. The molecule has 184 valence electrons. The molecule has 0 aliphatic carbocycles. The third-order valence-corrected chi connectivity index (χ3v) is 4.86. The Morgan fingerprint density at radius 1 is 0.882 bits per heavy atom. The highest BCUT2D eigenvalue weighted by Gasteiger charge is 2.53. The number of ether oxygens (including phenoxy) is 5. The average molecular weight is 481 g/mol. The molecule has 1 saturated heterocycles. The minimum Gasteiger partial charge on any atom is -0.463 e. The summed E-state index contributed by atoms with van der Waals surface area (Å²) in [6, 6.07) is 1.39. The molecule has 0 amide bonds. The van der Waals surface area contributed by atoms with Crippen LogP contribution in [0.4, 0.5) is 0 Å². The van der Waals surface area contributed by atoms with Gasteiger partial charge in [0.15, 0.2) is 24.5 Å². The Labute approximate surface area is 191 Å². The van der Waals surface area contributed by atoms with Gasteiger partial charge in [0.05, 0.1) is 5.39 Å². The number of hydrogen-bond acceptors (Lipinski definition) is 11. The fourth-order valence-corrected chi connectivity index (χ4v) is 3.71. The molecule has 3 heterocycles. The van der Waals surface area contributed by atoms with Crippen LogP contribution in [0, 0.1) is 0 Å². The second-order valence-corrected chi connectivity index (χ2v) is 7.48. The van der Waals surface area contributed by atoms with Gasteiger partial charge in [0, 0.05) is 33.9 Å². The highest BCUT2D eigenvalue weighted by atomic mass is 16.7. The quantitative estimate of drug-likeness (QED) is 0.391. The molecule has 0 spiro atoms. The summed E-state index contributed by atoms with van der Waals surface area (Å²) in [5.41, 5.74) is -1.46. The van der Waals surface area contributed by atoms with Gasteiger partial charge in [-0.2, -0.15) is 0 Å². The summed E-state index contributed by atoms with van der Waals surface area (Å²) in [7, 11) is 0. The predicted molar refractivity (Wildman–Crippen MR) is 110 cm³/mol. The van der Waals surface area contributed by atoms with Gasteiger partial charge in [-0.15, -0.1) is 0 Å². The number of nitrogens with zero attached hydrogens (tertiary/aromatic N) is 1. The molecule has 5 unspecified atom stereocenters. The zero-order chi connectivity index (χ0) is 25.2. The summed E-state index contributed by atoms with van der Waals surface area (Å²) in [4.78, 5) is 75.7. The molecule has 34 heavy (non-hydrogen) atoms. The molecule has 1 aliphatic heterocycles. The van der Waals surface area contributed by atoms with Gasteiger partial charge in [-0.1, -0.05) is 0 Å². The van der Waals surface area contributed by atoms with Crippen LogP contribution >= 0.6 is 0 Å². The van der Waals surface area contributed by atoms with Gasteiger partial charge in [-0.05, 0) is 6.07 Å². The Balaban J connectivity index is 2.17. The topological polar surface area (TPSA) is 185 Å². The maximum Gasteiger partial charge on any atom is 0.327 e. The summed E-state index contributed by atoms with van der Waals surface area (Å²) >= 11 is 0. The lowest BCUT2D eigenvalue weighted by Crippen LogP contribution is -2.60. The van der Waals surface area contributed by atoms with Gasteiger partial charge in [0.25, 0.3) is 5.56 Å². The number of rotatable bonds is 6. The maximum atomic E-state index is 12.2. The van der Waals surface area contributed by atoms with Crippen molar-refractivity contribution in [2.24, 2.45) is 0 Å². The number of esters is 4. The Morgan fingerprint density at radius 2 is 1.47 bits per heavy atom. The molecule has 0 bridgehead atoms. The lowest BCUT2D eigenvalue weighted by molar-refractivity contribution is -0.267. The molecule has 1 fully saturated rings. The fraction of sp³-hybridized carbons (Fsp3) is 0.500. The Bertz CT molecular complexity index is 1230. The van der Waals surface area contributed by atoms with Gasteiger partial charge < -0.3 is 28.3 Å². The SMILES string of the molecule is CC(=O)OCC1OC(n2ccc3c(=O)[nH]c(=O)[nH]c32)C(OC(C)=O)C(OC(C)=O)C1OC(C)=O. The third-order valence-electron chi connectivity index (χ3n) is 4.86. The smallest absolute Gasteiger partial charge is 0.327 e. The molecule has 0 radical (unpaired) electrons. The van der Waals surface area contributed by atoms with Gasteiger partial charge in [-0.25, -0.2) is 4.79 Å². The largest absolute Gasteiger partial charge is 0.463 e. The molecule has 1 aliphatic rings. The zero-order valence-corrected chi connectivity index (χ0v) is 18.7. The molecule has 0 aromatic carbocycles. The molecule has 14 heteroatoms. The number of aromatic amines is 2. The molecule has 0 saturated carbocycles. The van der Waals surface area contributed by atoms with E-state index in [-0.39, 0.29) is 11.0 Å². The van der Waals surface area contributed by atoms with Crippen molar-refractivity contribution in [1.82, 2.24) is 14.5 Å². The van der Waals surface area contributed by atoms with Gasteiger partial charge in [0.1, 0.15) is 18.4 Å². The van der Waals surface area contributed by atoms with Crippen LogP contribution in [0.3, 0.4) is 0 Å². The highest BCUT2D eigenvalue weighted by Crippen LogP contribution is 2.35. The molecule has 2 N–H and O–H groups in total. The number of H-pyrrole nitrogens is 2. The average Bonchev–Trinajstić information content (AvgIpc) is 3.12. The summed E-state index contributed by atoms with van der Waals surface area (Å²) in [5, 5.41) is 0.0902. The van der Waals surface area contributed by atoms with Crippen molar-refractivity contribution >= 4 is 34.9 Å². The van der Waals surface area contributed by atoms with Gasteiger partial charge in [0.2, 0.25) is 0 Å². The molecule has 14 nitrogen and oxygen atoms in total. The van der Waals surface area contributed by atoms with E-state index in [2.05, 4.69) is 9.97 Å². The van der Waals surface area contributed by atoms with E-state index in [1.165, 1.54) is 16.8 Å². The Kier molecular flexibility index (Phi) is 7.20. The molecule has 2 aromatic heterocycles. The van der Waals surface area contributed by atoms with E-state index in [4.69, 9.17) is 23.7 Å². The summed E-state index contributed by atoms with van der Waals surface area (Å²) in [5.74, 6) is -2.98. The van der Waals surface area contributed by atoms with Crippen molar-refractivity contribution in [3.05, 3.63) is 33.1 Å². The van der Waals surface area contributed by atoms with E-state index in [0.29, 0.717) is 0 Å². The van der Waals surface area contributed by atoms with Crippen LogP contribution in [0.2, 0.25) is 0 Å². The second-order valence-electron chi connectivity index (χ2n) is 7.48. The number of carbonyl (C=O) groups excluding carboxylic acids is 4. The van der Waals surface area contributed by atoms with Crippen molar-refractivity contribution in [3.8, 4) is 0 Å². The van der Waals surface area contributed by atoms with Crippen LogP contribution in [0.1, 0.15) is 33.9 Å². The van der Waals surface area contributed by atoms with Gasteiger partial charge >= 0.3 is 29.6 Å². The monoisotopic (exact) mass is 481 g/mol. The lowest BCUT2D eigenvalue weighted by Gasteiger charge is -2.44. The van der Waals surface area contributed by atoms with E-state index in [1.807, 2.05) is 0 Å². The van der Waals surface area contributed by atoms with E-state index in [0.717, 1.165) is 27.7 Å². The maximum absolute atomic E-state index is 12.2. The highest BCUT2D eigenvalue weighted by molar-refractivity contribution is 5.75. The first-order valence-electron chi connectivity index (χ1n) is 10.1. The molecular formula is C20H23N3O11. The zero-order valence-electron chi connectivity index (χ0n) is 18.7. The van der Waals surface area contributed by atoms with Crippen LogP contribution in [0.25, 0.3) is 11.0 Å². The number of hydrogen-bond donors (Lipinski definition) is 2. The van der Waals surface area contributed by atoms with Crippen molar-refractivity contribution in [1.29, 1.82) is 0 Å². The predicted octanol–water partition coefficient (Wildman–Crippen LogP) is -0.726. The summed E-state index contributed by atoms with van der Waals surface area (Å²) < 4.78 is 28.4. The van der Waals surface area contributed by atoms with E-state index >= 15 is 0 Å². The van der Waals surface area contributed by atoms with Crippen molar-refractivity contribution in [3.63, 3.8) is 0 Å². The normalized spacial score (nSPS) is 24.3. The number of carbonyl (C=O) groups is 4. The molecular weight excluding hydrogens is 458 g/mol. The number of nitrogens with one attached hydrogen (secondary N) is 2. The van der Waals surface area contributed by atoms with Crippen LogP contribution in [-0.2, 0) is 42.9 Å². The summed E-state index contributed by atoms with van der Waals surface area (Å²) in [6.07, 6.45) is -5.20. The first-order valence-corrected chi connectivity index (χ1v) is 10.1. The third kappa shape index (κ3) is 5.33. The van der Waals surface area contributed by atoms with Crippen molar-refractivity contribution in [2.45, 2.75) is 58.3 Å². The van der Waals surface area contributed by atoms with Crippen LogP contribution < -0.4 is 11.2 Å². The lowest BCUT2D eigenvalue weighted by atomic mass is 9.97. The minimum atomic E-state index is -1.39. The summed E-state index contributed by atoms with van der Waals surface area (Å²) in [6.45, 7) is 4.06. The van der Waals surface area contributed by atoms with Gasteiger partial charge in [-0.3, -0.25) is 33.9 Å². The van der Waals surface area contributed by atoms with Crippen LogP contribution in [-0.4, -0.2) is 69.4 Å². The molecule has 3 rings (SSSR count). The van der Waals surface area contributed by atoms with E-state index in [1.54, 1.807) is 0 Å². The van der Waals surface area contributed by atoms with Crippen LogP contribution in [0.15, 0.2) is 21.9 Å². The first-order chi connectivity index (χ1) is 16.0. The molecule has 2 aromatic rings. The standard InChI is InChI=1S/C20H23N3O11/c1-8(24)30-7-13-14(31-9(2)25)15(32-10(3)26)16(33-11(4)27)19(34-13)23-6-5-12-17(23)21-20(29)22-18(12)28/h5-6,13-16,19H,7H2,1-4H3,(H2,21,22,28,29). The Hall–Kier alpha value is -3.94. The minimum absolute atomic E-state index is 0.0228. The van der Waals surface area contributed by atoms with Crippen molar-refractivity contribution < 1.29 is 42.9 Å². The number of aromatic nitrogens is 3. The first kappa shape index (κ1) is 24.7. The molecule has 5 atom stereocenters.